The van der Waals surface area contributed by atoms with E-state index in [1.165, 1.54) is 0 Å². The van der Waals surface area contributed by atoms with Crippen molar-refractivity contribution in [2.24, 2.45) is 0 Å². The number of aliphatic hydroxyl groups is 1. The first-order valence-corrected chi connectivity index (χ1v) is 6.05. The van der Waals surface area contributed by atoms with Gasteiger partial charge in [-0.2, -0.15) is 0 Å². The Kier molecular flexibility index (Phi) is 2.56. The van der Waals surface area contributed by atoms with Crippen molar-refractivity contribution in [1.29, 1.82) is 0 Å². The first-order valence-electron chi connectivity index (χ1n) is 6.05. The van der Waals surface area contributed by atoms with Gasteiger partial charge in [0.15, 0.2) is 11.5 Å². The Balaban J connectivity index is 2.00. The van der Waals surface area contributed by atoms with E-state index in [1.807, 2.05) is 25.1 Å². The summed E-state index contributed by atoms with van der Waals surface area (Å²) in [5.74, 6) is 0.635. The average molecular weight is 246 g/mol. The molecule has 0 spiro atoms. The van der Waals surface area contributed by atoms with E-state index >= 15 is 0 Å². The molecule has 1 amide bonds. The summed E-state index contributed by atoms with van der Waals surface area (Å²) in [6.45, 7) is 2.33. The summed E-state index contributed by atoms with van der Waals surface area (Å²) in [6, 6.07) is 5.46. The molecule has 1 fully saturated rings. The minimum absolute atomic E-state index is 0.0546. The predicted molar refractivity (Wildman–Crippen MR) is 66.4 cm³/mol. The summed E-state index contributed by atoms with van der Waals surface area (Å²) in [4.78, 5) is 17.6. The number of β-amino-alcohol motifs (C(OH)–C–C–N with tert-alkyl or cyclic N) is 1. The number of fused-ring (bicyclic) bond motifs is 1. The van der Waals surface area contributed by atoms with Gasteiger partial charge in [-0.15, -0.1) is 0 Å². The molecule has 1 aliphatic rings. The third-order valence-electron chi connectivity index (χ3n) is 3.13. The molecule has 1 aliphatic heterocycles. The van der Waals surface area contributed by atoms with E-state index in [-0.39, 0.29) is 12.3 Å². The minimum Gasteiger partial charge on any atom is -0.441 e. The Morgan fingerprint density at radius 3 is 3.06 bits per heavy atom. The van der Waals surface area contributed by atoms with Crippen molar-refractivity contribution in [3.05, 3.63) is 24.1 Å². The number of hydrogen-bond donors (Lipinski definition) is 1. The monoisotopic (exact) mass is 246 g/mol. The number of nitrogens with zero attached hydrogens (tertiary/aromatic N) is 2. The number of benzene rings is 1. The molecular formula is C13H14N2O3. The van der Waals surface area contributed by atoms with Crippen LogP contribution in [0.15, 0.2) is 22.6 Å². The van der Waals surface area contributed by atoms with E-state index in [9.17, 15) is 9.90 Å². The van der Waals surface area contributed by atoms with Crippen molar-refractivity contribution in [2.45, 2.75) is 25.9 Å². The largest absolute Gasteiger partial charge is 0.441 e. The molecule has 5 heteroatoms. The summed E-state index contributed by atoms with van der Waals surface area (Å²) in [7, 11) is 0. The van der Waals surface area contributed by atoms with Crippen molar-refractivity contribution >= 4 is 22.7 Å². The van der Waals surface area contributed by atoms with Crippen LogP contribution in [0.2, 0.25) is 0 Å². The van der Waals surface area contributed by atoms with Crippen molar-refractivity contribution in [3.8, 4) is 0 Å². The molecule has 1 atom stereocenters. The number of rotatable bonds is 2. The molecule has 1 saturated heterocycles. The van der Waals surface area contributed by atoms with Gasteiger partial charge in [0.1, 0.15) is 5.52 Å². The van der Waals surface area contributed by atoms with E-state index in [4.69, 9.17) is 4.42 Å². The van der Waals surface area contributed by atoms with Crippen LogP contribution in [-0.2, 0) is 11.2 Å². The summed E-state index contributed by atoms with van der Waals surface area (Å²) in [5.41, 5.74) is 2.24. The zero-order valence-corrected chi connectivity index (χ0v) is 10.1. The van der Waals surface area contributed by atoms with E-state index < -0.39 is 6.10 Å². The van der Waals surface area contributed by atoms with Gasteiger partial charge in [-0.25, -0.2) is 4.98 Å². The van der Waals surface area contributed by atoms with Crippen LogP contribution in [0.3, 0.4) is 0 Å². The lowest BCUT2D eigenvalue weighted by Crippen LogP contribution is -2.25. The minimum atomic E-state index is -0.572. The quantitative estimate of drug-likeness (QED) is 0.871. The molecule has 94 valence electrons. The van der Waals surface area contributed by atoms with Crippen LogP contribution in [0.25, 0.3) is 11.1 Å². The van der Waals surface area contributed by atoms with E-state index in [0.717, 1.165) is 23.2 Å². The topological polar surface area (TPSA) is 66.6 Å². The van der Waals surface area contributed by atoms with Crippen molar-refractivity contribution in [1.82, 2.24) is 4.98 Å². The second-order valence-electron chi connectivity index (χ2n) is 4.48. The lowest BCUT2D eigenvalue weighted by molar-refractivity contribution is -0.117. The smallest absolute Gasteiger partial charge is 0.229 e. The Morgan fingerprint density at radius 1 is 1.56 bits per heavy atom. The number of aliphatic hydroxyl groups excluding tert-OH is 1. The highest BCUT2D eigenvalue weighted by molar-refractivity contribution is 5.97. The SMILES string of the molecule is CCc1nc2cc(N3CC(O)CC3=O)ccc2o1. The molecule has 0 radical (unpaired) electrons. The predicted octanol–water partition coefficient (Wildman–Crippen LogP) is 1.49. The van der Waals surface area contributed by atoms with E-state index in [2.05, 4.69) is 4.98 Å². The third kappa shape index (κ3) is 1.76. The second kappa shape index (κ2) is 4.10. The first-order chi connectivity index (χ1) is 8.67. The van der Waals surface area contributed by atoms with Crippen molar-refractivity contribution in [2.75, 3.05) is 11.4 Å². The van der Waals surface area contributed by atoms with Gasteiger partial charge in [0, 0.05) is 12.1 Å². The van der Waals surface area contributed by atoms with Gasteiger partial charge >= 0.3 is 0 Å². The maximum absolute atomic E-state index is 11.7. The van der Waals surface area contributed by atoms with Gasteiger partial charge in [0.2, 0.25) is 5.91 Å². The Bertz CT molecular complexity index is 605. The molecule has 3 rings (SSSR count). The fraction of sp³-hybridized carbons (Fsp3) is 0.385. The van der Waals surface area contributed by atoms with Gasteiger partial charge in [0.05, 0.1) is 19.1 Å². The van der Waals surface area contributed by atoms with Crippen LogP contribution < -0.4 is 4.90 Å². The third-order valence-corrected chi connectivity index (χ3v) is 3.13. The molecule has 2 aromatic rings. The fourth-order valence-electron chi connectivity index (χ4n) is 2.22. The first kappa shape index (κ1) is 11.2. The van der Waals surface area contributed by atoms with Crippen molar-refractivity contribution in [3.63, 3.8) is 0 Å². The summed E-state index contributed by atoms with van der Waals surface area (Å²) in [6.07, 6.45) is 0.360. The van der Waals surface area contributed by atoms with Gasteiger partial charge in [-0.1, -0.05) is 6.92 Å². The second-order valence-corrected chi connectivity index (χ2v) is 4.48. The van der Waals surface area contributed by atoms with Gasteiger partial charge in [0.25, 0.3) is 0 Å². The van der Waals surface area contributed by atoms with Gasteiger partial charge in [-0.05, 0) is 18.2 Å². The number of hydrogen-bond acceptors (Lipinski definition) is 4. The Hall–Kier alpha value is -1.88. The van der Waals surface area contributed by atoms with Crippen LogP contribution in [0.1, 0.15) is 19.2 Å². The Morgan fingerprint density at radius 2 is 2.39 bits per heavy atom. The molecule has 1 N–H and O–H groups in total. The van der Waals surface area contributed by atoms with Crippen LogP contribution in [0.4, 0.5) is 5.69 Å². The van der Waals surface area contributed by atoms with Crippen LogP contribution in [0.5, 0.6) is 0 Å². The van der Waals surface area contributed by atoms with Gasteiger partial charge < -0.3 is 14.4 Å². The lowest BCUT2D eigenvalue weighted by Gasteiger charge is -2.15. The molecule has 0 aliphatic carbocycles. The molecular weight excluding hydrogens is 232 g/mol. The zero-order chi connectivity index (χ0) is 12.7. The number of oxazole rings is 1. The molecule has 0 bridgehead atoms. The van der Waals surface area contributed by atoms with Crippen LogP contribution in [-0.4, -0.2) is 28.6 Å². The normalized spacial score (nSPS) is 20.0. The highest BCUT2D eigenvalue weighted by atomic mass is 16.3. The molecule has 18 heavy (non-hydrogen) atoms. The highest BCUT2D eigenvalue weighted by Gasteiger charge is 2.29. The molecule has 0 saturated carbocycles. The standard InChI is InChI=1S/C13H14N2O3/c1-2-12-14-10-5-8(3-4-11(10)18-12)15-7-9(16)6-13(15)17/h3-5,9,16H,2,6-7H2,1H3. The maximum atomic E-state index is 11.7. The number of aryl methyl sites for hydroxylation is 1. The highest BCUT2D eigenvalue weighted by Crippen LogP contribution is 2.26. The summed E-state index contributed by atoms with van der Waals surface area (Å²) >= 11 is 0. The fourth-order valence-corrected chi connectivity index (χ4v) is 2.22. The summed E-state index contributed by atoms with van der Waals surface area (Å²) < 4.78 is 5.52. The van der Waals surface area contributed by atoms with Crippen LogP contribution in [0, 0.1) is 0 Å². The number of anilines is 1. The number of carbonyl (C=O) groups excluding carboxylic acids is 1. The lowest BCUT2D eigenvalue weighted by atomic mass is 10.2. The van der Waals surface area contributed by atoms with Crippen LogP contribution >= 0.6 is 0 Å². The summed E-state index contributed by atoms with van der Waals surface area (Å²) in [5, 5.41) is 9.49. The number of aromatic nitrogens is 1. The molecule has 5 nitrogen and oxygen atoms in total. The average Bonchev–Trinajstić information content (AvgIpc) is 2.90. The molecule has 2 heterocycles. The maximum Gasteiger partial charge on any atom is 0.229 e. The number of amides is 1. The molecule has 1 aromatic heterocycles. The molecule has 1 unspecified atom stereocenters. The van der Waals surface area contributed by atoms with E-state index in [1.54, 1.807) is 4.90 Å². The van der Waals surface area contributed by atoms with Gasteiger partial charge in [-0.3, -0.25) is 4.79 Å². The van der Waals surface area contributed by atoms with E-state index in [0.29, 0.717) is 12.4 Å². The zero-order valence-electron chi connectivity index (χ0n) is 10.1. The van der Waals surface area contributed by atoms with Crippen molar-refractivity contribution < 1.29 is 14.3 Å². The number of carbonyl (C=O) groups is 1. The molecule has 1 aromatic carbocycles. The Labute approximate surface area is 104 Å².